The predicted octanol–water partition coefficient (Wildman–Crippen LogP) is 4.20. The van der Waals surface area contributed by atoms with Gasteiger partial charge in [-0.25, -0.2) is 4.79 Å². The van der Waals surface area contributed by atoms with E-state index >= 15 is 0 Å². The lowest BCUT2D eigenvalue weighted by atomic mass is 10.0. The average Bonchev–Trinajstić information content (AvgIpc) is 3.52. The number of anilines is 1. The van der Waals surface area contributed by atoms with Gasteiger partial charge in [-0.05, 0) is 54.3 Å². The molecular formula is C23H25ClN2O6S. The summed E-state index contributed by atoms with van der Waals surface area (Å²) in [7, 11) is 0. The highest BCUT2D eigenvalue weighted by Crippen LogP contribution is 2.46. The van der Waals surface area contributed by atoms with Crippen LogP contribution in [0.1, 0.15) is 66.6 Å². The summed E-state index contributed by atoms with van der Waals surface area (Å²) in [5.41, 5.74) is 1.94. The van der Waals surface area contributed by atoms with Crippen molar-refractivity contribution in [1.82, 2.24) is 5.32 Å². The number of thiophene rings is 1. The molecule has 10 heteroatoms. The third kappa shape index (κ3) is 7.03. The molecule has 1 heterocycles. The van der Waals surface area contributed by atoms with Crippen LogP contribution < -0.4 is 10.6 Å². The zero-order valence-corrected chi connectivity index (χ0v) is 19.9. The monoisotopic (exact) mass is 492 g/mol. The van der Waals surface area contributed by atoms with Gasteiger partial charge in [-0.15, -0.1) is 11.3 Å². The minimum atomic E-state index is -0.658. The highest BCUT2D eigenvalue weighted by molar-refractivity contribution is 7.15. The van der Waals surface area contributed by atoms with Crippen LogP contribution in [-0.4, -0.2) is 37.0 Å². The van der Waals surface area contributed by atoms with E-state index in [1.807, 2.05) is 5.38 Å². The number of ether oxygens (including phenoxy) is 2. The Kier molecular flexibility index (Phi) is 8.46. The largest absolute Gasteiger partial charge is 0.462 e. The Bertz CT molecular complexity index is 1030. The van der Waals surface area contributed by atoms with Crippen LogP contribution in [0.4, 0.5) is 5.00 Å². The van der Waals surface area contributed by atoms with E-state index in [0.29, 0.717) is 27.1 Å². The van der Waals surface area contributed by atoms with Crippen molar-refractivity contribution in [2.75, 3.05) is 18.5 Å². The van der Waals surface area contributed by atoms with E-state index < -0.39 is 30.5 Å². The SMILES string of the molecule is CCOC(=O)c1c(C2CC2)csc1NC(=O)COC(=O)CC(NC(C)=O)c1ccc(Cl)cc1. The fourth-order valence-corrected chi connectivity index (χ4v) is 4.47. The molecule has 1 aliphatic rings. The lowest BCUT2D eigenvalue weighted by Gasteiger charge is -2.17. The van der Waals surface area contributed by atoms with E-state index in [-0.39, 0.29) is 18.9 Å². The maximum absolute atomic E-state index is 12.4. The lowest BCUT2D eigenvalue weighted by molar-refractivity contribution is -0.148. The molecule has 0 radical (unpaired) electrons. The van der Waals surface area contributed by atoms with Crippen LogP contribution in [0.2, 0.25) is 5.02 Å². The molecule has 0 aliphatic heterocycles. The maximum atomic E-state index is 12.4. The number of rotatable bonds is 10. The highest BCUT2D eigenvalue weighted by atomic mass is 35.5. The van der Waals surface area contributed by atoms with Crippen molar-refractivity contribution in [3.8, 4) is 0 Å². The smallest absolute Gasteiger partial charge is 0.341 e. The summed E-state index contributed by atoms with van der Waals surface area (Å²) in [6, 6.07) is 6.09. The van der Waals surface area contributed by atoms with E-state index in [1.54, 1.807) is 31.2 Å². The number of esters is 2. The molecule has 0 bridgehead atoms. The van der Waals surface area contributed by atoms with Gasteiger partial charge in [0.2, 0.25) is 5.91 Å². The first-order valence-electron chi connectivity index (χ1n) is 10.5. The van der Waals surface area contributed by atoms with Gasteiger partial charge in [0.05, 0.1) is 24.6 Å². The number of carbonyl (C=O) groups is 4. The molecule has 1 atom stereocenters. The molecule has 8 nitrogen and oxygen atoms in total. The van der Waals surface area contributed by atoms with E-state index in [1.165, 1.54) is 18.3 Å². The van der Waals surface area contributed by atoms with Gasteiger partial charge in [0.25, 0.3) is 5.91 Å². The van der Waals surface area contributed by atoms with Crippen molar-refractivity contribution >= 4 is 51.7 Å². The average molecular weight is 493 g/mol. The first kappa shape index (κ1) is 24.7. The number of amides is 2. The molecule has 1 fully saturated rings. The zero-order chi connectivity index (χ0) is 24.0. The summed E-state index contributed by atoms with van der Waals surface area (Å²) in [4.78, 5) is 48.7. The van der Waals surface area contributed by atoms with Crippen LogP contribution in [-0.2, 0) is 23.9 Å². The molecule has 1 aromatic heterocycles. The molecule has 2 N–H and O–H groups in total. The molecule has 3 rings (SSSR count). The van der Waals surface area contributed by atoms with Crippen molar-refractivity contribution in [3.05, 3.63) is 51.4 Å². The molecule has 2 amide bonds. The van der Waals surface area contributed by atoms with Crippen molar-refractivity contribution < 1.29 is 28.7 Å². The van der Waals surface area contributed by atoms with Crippen LogP contribution >= 0.6 is 22.9 Å². The van der Waals surface area contributed by atoms with Crippen molar-refractivity contribution in [2.45, 2.75) is 45.1 Å². The van der Waals surface area contributed by atoms with Gasteiger partial charge < -0.3 is 20.1 Å². The Hall–Kier alpha value is -2.91. The van der Waals surface area contributed by atoms with Gasteiger partial charge in [0.15, 0.2) is 6.61 Å². The summed E-state index contributed by atoms with van der Waals surface area (Å²) < 4.78 is 10.2. The van der Waals surface area contributed by atoms with Gasteiger partial charge in [0.1, 0.15) is 5.00 Å². The Morgan fingerprint density at radius 3 is 2.45 bits per heavy atom. The molecule has 1 saturated carbocycles. The fraction of sp³-hybridized carbons (Fsp3) is 0.391. The lowest BCUT2D eigenvalue weighted by Crippen LogP contribution is -2.29. The number of hydrogen-bond donors (Lipinski definition) is 2. The van der Waals surface area contributed by atoms with Crippen LogP contribution in [0.25, 0.3) is 0 Å². The minimum absolute atomic E-state index is 0.159. The fourth-order valence-electron chi connectivity index (χ4n) is 3.30. The van der Waals surface area contributed by atoms with Crippen molar-refractivity contribution in [1.29, 1.82) is 0 Å². The Labute approximate surface area is 200 Å². The van der Waals surface area contributed by atoms with Gasteiger partial charge in [0, 0.05) is 11.9 Å². The number of halogens is 1. The first-order chi connectivity index (χ1) is 15.8. The molecule has 1 unspecified atom stereocenters. The number of nitrogens with one attached hydrogen (secondary N) is 2. The summed E-state index contributed by atoms with van der Waals surface area (Å²) >= 11 is 7.14. The van der Waals surface area contributed by atoms with Gasteiger partial charge in [-0.2, -0.15) is 0 Å². The number of benzene rings is 1. The molecule has 33 heavy (non-hydrogen) atoms. The minimum Gasteiger partial charge on any atom is -0.462 e. The summed E-state index contributed by atoms with van der Waals surface area (Å²) in [5.74, 6) is -1.71. The van der Waals surface area contributed by atoms with Crippen LogP contribution in [0, 0.1) is 0 Å². The standard InChI is InChI=1S/C23H25ClN2O6S/c1-3-31-23(30)21-17(14-4-5-14)12-33-22(21)26-19(28)11-32-20(29)10-18(25-13(2)27)15-6-8-16(24)9-7-15/h6-9,12,14,18H,3-5,10-11H2,1-2H3,(H,25,27)(H,26,28). The second kappa shape index (κ2) is 11.3. The molecule has 176 valence electrons. The second-order valence-corrected chi connectivity index (χ2v) is 8.92. The molecule has 0 saturated heterocycles. The topological polar surface area (TPSA) is 111 Å². The number of carbonyl (C=O) groups excluding carboxylic acids is 4. The van der Waals surface area contributed by atoms with Gasteiger partial charge in [-0.3, -0.25) is 14.4 Å². The summed E-state index contributed by atoms with van der Waals surface area (Å²) in [5, 5.41) is 8.11. The first-order valence-corrected chi connectivity index (χ1v) is 11.8. The maximum Gasteiger partial charge on any atom is 0.341 e. The quantitative estimate of drug-likeness (QED) is 0.481. The number of hydrogen-bond acceptors (Lipinski definition) is 7. The van der Waals surface area contributed by atoms with E-state index in [2.05, 4.69) is 10.6 Å². The summed E-state index contributed by atoms with van der Waals surface area (Å²) in [6.07, 6.45) is 1.84. The van der Waals surface area contributed by atoms with E-state index in [4.69, 9.17) is 21.1 Å². The summed E-state index contributed by atoms with van der Waals surface area (Å²) in [6.45, 7) is 2.77. The second-order valence-electron chi connectivity index (χ2n) is 7.61. The third-order valence-corrected chi connectivity index (χ3v) is 6.12. The molecular weight excluding hydrogens is 468 g/mol. The van der Waals surface area contributed by atoms with Gasteiger partial charge in [-0.1, -0.05) is 23.7 Å². The molecule has 2 aromatic rings. The van der Waals surface area contributed by atoms with Crippen molar-refractivity contribution in [3.63, 3.8) is 0 Å². The normalized spacial score (nSPS) is 13.7. The van der Waals surface area contributed by atoms with Crippen LogP contribution in [0.3, 0.4) is 0 Å². The highest BCUT2D eigenvalue weighted by Gasteiger charge is 2.32. The van der Waals surface area contributed by atoms with E-state index in [9.17, 15) is 19.2 Å². The Morgan fingerprint density at radius 1 is 1.15 bits per heavy atom. The molecule has 1 aromatic carbocycles. The third-order valence-electron chi connectivity index (χ3n) is 4.95. The Morgan fingerprint density at radius 2 is 1.85 bits per heavy atom. The Balaban J connectivity index is 1.59. The molecule has 0 spiro atoms. The van der Waals surface area contributed by atoms with Gasteiger partial charge >= 0.3 is 11.9 Å². The zero-order valence-electron chi connectivity index (χ0n) is 18.3. The van der Waals surface area contributed by atoms with E-state index in [0.717, 1.165) is 18.4 Å². The van der Waals surface area contributed by atoms with Crippen molar-refractivity contribution in [2.24, 2.45) is 0 Å². The predicted molar refractivity (Wildman–Crippen MR) is 124 cm³/mol. The molecule has 1 aliphatic carbocycles. The van der Waals surface area contributed by atoms with Crippen LogP contribution in [0.15, 0.2) is 29.6 Å². The van der Waals surface area contributed by atoms with Crippen LogP contribution in [0.5, 0.6) is 0 Å².